The molecule has 3 fully saturated rings. The van der Waals surface area contributed by atoms with E-state index in [1.807, 2.05) is 0 Å². The Morgan fingerprint density at radius 2 is 1.62 bits per heavy atom. The number of nitrogens with two attached hydrogens (primary N) is 1. The Morgan fingerprint density at radius 1 is 0.952 bits per heavy atom. The molecule has 2 N–H and O–H groups in total. The predicted octanol–water partition coefficient (Wildman–Crippen LogP) is 3.32. The zero-order chi connectivity index (χ0) is 14.5. The maximum absolute atomic E-state index is 5.93. The second-order valence-corrected chi connectivity index (χ2v) is 7.69. The first-order chi connectivity index (χ1) is 10.3. The van der Waals surface area contributed by atoms with Gasteiger partial charge in [-0.25, -0.2) is 0 Å². The minimum Gasteiger partial charge on any atom is -0.378 e. The molecule has 0 unspecified atom stereocenters. The van der Waals surface area contributed by atoms with Crippen LogP contribution in [0.3, 0.4) is 0 Å². The third-order valence-electron chi connectivity index (χ3n) is 6.37. The van der Waals surface area contributed by atoms with Crippen molar-refractivity contribution in [2.24, 2.45) is 11.1 Å². The fourth-order valence-corrected chi connectivity index (χ4v) is 4.95. The summed E-state index contributed by atoms with van der Waals surface area (Å²) >= 11 is 0. The molecule has 1 heterocycles. The predicted molar refractivity (Wildman–Crippen MR) is 87.4 cm³/mol. The van der Waals surface area contributed by atoms with Crippen LogP contribution in [-0.2, 0) is 4.74 Å². The zero-order valence-electron chi connectivity index (χ0n) is 13.7. The molecule has 0 bridgehead atoms. The maximum atomic E-state index is 5.93. The Bertz CT molecular complexity index is 296. The van der Waals surface area contributed by atoms with E-state index in [0.717, 1.165) is 31.0 Å². The topological polar surface area (TPSA) is 38.5 Å². The third kappa shape index (κ3) is 4.00. The fraction of sp³-hybridized carbons (Fsp3) is 1.00. The van der Waals surface area contributed by atoms with Gasteiger partial charge in [-0.15, -0.1) is 0 Å². The lowest BCUT2D eigenvalue weighted by Gasteiger charge is -2.44. The smallest absolute Gasteiger partial charge is 0.0599 e. The van der Waals surface area contributed by atoms with Crippen LogP contribution in [0.4, 0.5) is 0 Å². The van der Waals surface area contributed by atoms with Crippen molar-refractivity contribution in [1.29, 1.82) is 0 Å². The molecule has 21 heavy (non-hydrogen) atoms. The standard InChI is InChI=1S/C18H34N2O/c19-12-3-15-21-17-6-13-20(14-7-17)16-4-10-18(11-5-16)8-1-2-9-18/h16-17H,1-15,19H2. The first-order valence-corrected chi connectivity index (χ1v) is 9.37. The first kappa shape index (κ1) is 15.8. The van der Waals surface area contributed by atoms with Gasteiger partial charge in [0, 0.05) is 25.7 Å². The summed E-state index contributed by atoms with van der Waals surface area (Å²) < 4.78 is 5.93. The second kappa shape index (κ2) is 7.43. The molecule has 0 aromatic heterocycles. The summed E-state index contributed by atoms with van der Waals surface area (Å²) in [5.74, 6) is 0. The number of nitrogens with zero attached hydrogens (tertiary/aromatic N) is 1. The summed E-state index contributed by atoms with van der Waals surface area (Å²) in [6.45, 7) is 4.12. The minimum atomic E-state index is 0.498. The molecular formula is C18H34N2O. The van der Waals surface area contributed by atoms with Gasteiger partial charge in [-0.2, -0.15) is 0 Å². The van der Waals surface area contributed by atoms with Crippen molar-refractivity contribution in [2.45, 2.75) is 82.8 Å². The molecule has 0 amide bonds. The van der Waals surface area contributed by atoms with Crippen LogP contribution in [0.2, 0.25) is 0 Å². The molecule has 1 aliphatic heterocycles. The summed E-state index contributed by atoms with van der Waals surface area (Å²) in [7, 11) is 0. The molecule has 0 aromatic carbocycles. The van der Waals surface area contributed by atoms with E-state index in [0.29, 0.717) is 6.10 Å². The molecule has 1 spiro atoms. The molecule has 0 aromatic rings. The number of hydrogen-bond donors (Lipinski definition) is 1. The van der Waals surface area contributed by atoms with Crippen LogP contribution in [0.15, 0.2) is 0 Å². The van der Waals surface area contributed by atoms with Crippen LogP contribution in [0, 0.1) is 5.41 Å². The Labute approximate surface area is 130 Å². The quantitative estimate of drug-likeness (QED) is 0.791. The van der Waals surface area contributed by atoms with Gasteiger partial charge in [-0.3, -0.25) is 0 Å². The molecule has 0 radical (unpaired) electrons. The summed E-state index contributed by atoms with van der Waals surface area (Å²) in [5.41, 5.74) is 6.30. The average Bonchev–Trinajstić information content (AvgIpc) is 2.97. The van der Waals surface area contributed by atoms with E-state index in [2.05, 4.69) is 4.90 Å². The van der Waals surface area contributed by atoms with E-state index >= 15 is 0 Å². The average molecular weight is 294 g/mol. The third-order valence-corrected chi connectivity index (χ3v) is 6.37. The van der Waals surface area contributed by atoms with Crippen molar-refractivity contribution in [3.05, 3.63) is 0 Å². The lowest BCUT2D eigenvalue weighted by Crippen LogP contribution is -2.46. The van der Waals surface area contributed by atoms with Gasteiger partial charge >= 0.3 is 0 Å². The van der Waals surface area contributed by atoms with E-state index in [4.69, 9.17) is 10.5 Å². The van der Waals surface area contributed by atoms with Crippen LogP contribution >= 0.6 is 0 Å². The van der Waals surface area contributed by atoms with E-state index in [-0.39, 0.29) is 0 Å². The monoisotopic (exact) mass is 294 g/mol. The van der Waals surface area contributed by atoms with Crippen LogP contribution in [-0.4, -0.2) is 43.3 Å². The minimum absolute atomic E-state index is 0.498. The van der Waals surface area contributed by atoms with Crippen molar-refractivity contribution in [3.8, 4) is 0 Å². The Morgan fingerprint density at radius 3 is 2.24 bits per heavy atom. The largest absolute Gasteiger partial charge is 0.378 e. The molecule has 122 valence electrons. The fourth-order valence-electron chi connectivity index (χ4n) is 4.95. The maximum Gasteiger partial charge on any atom is 0.0599 e. The van der Waals surface area contributed by atoms with Crippen molar-refractivity contribution < 1.29 is 4.74 Å². The SMILES string of the molecule is NCCCOC1CCN(C2CCC3(CCCC3)CC2)CC1. The van der Waals surface area contributed by atoms with Crippen molar-refractivity contribution >= 4 is 0 Å². The molecular weight excluding hydrogens is 260 g/mol. The van der Waals surface area contributed by atoms with Gasteiger partial charge in [-0.05, 0) is 69.7 Å². The Hall–Kier alpha value is -0.120. The molecule has 0 atom stereocenters. The highest BCUT2D eigenvalue weighted by molar-refractivity contribution is 4.92. The van der Waals surface area contributed by atoms with E-state index in [9.17, 15) is 0 Å². The van der Waals surface area contributed by atoms with Crippen molar-refractivity contribution in [1.82, 2.24) is 4.90 Å². The van der Waals surface area contributed by atoms with Crippen molar-refractivity contribution in [2.75, 3.05) is 26.2 Å². The van der Waals surface area contributed by atoms with Gasteiger partial charge in [0.25, 0.3) is 0 Å². The normalized spacial score (nSPS) is 28.4. The Balaban J connectivity index is 1.37. The highest BCUT2D eigenvalue weighted by Crippen LogP contribution is 2.49. The van der Waals surface area contributed by atoms with Crippen LogP contribution in [0.1, 0.15) is 70.6 Å². The lowest BCUT2D eigenvalue weighted by molar-refractivity contribution is -0.0122. The first-order valence-electron chi connectivity index (χ1n) is 9.37. The molecule has 3 nitrogen and oxygen atoms in total. The van der Waals surface area contributed by atoms with Gasteiger partial charge in [0.15, 0.2) is 0 Å². The van der Waals surface area contributed by atoms with Gasteiger partial charge in [0.1, 0.15) is 0 Å². The summed E-state index contributed by atoms with van der Waals surface area (Å²) in [6, 6.07) is 0.876. The van der Waals surface area contributed by atoms with Crippen LogP contribution < -0.4 is 5.73 Å². The van der Waals surface area contributed by atoms with E-state index in [1.165, 1.54) is 77.3 Å². The second-order valence-electron chi connectivity index (χ2n) is 7.69. The summed E-state index contributed by atoms with van der Waals surface area (Å²) in [5, 5.41) is 0. The van der Waals surface area contributed by atoms with Gasteiger partial charge in [0.05, 0.1) is 6.10 Å². The Kier molecular flexibility index (Phi) is 5.58. The molecule has 3 aliphatic rings. The van der Waals surface area contributed by atoms with Gasteiger partial charge in [-0.1, -0.05) is 12.8 Å². The summed E-state index contributed by atoms with van der Waals surface area (Å²) in [6.07, 6.45) is 15.9. The van der Waals surface area contributed by atoms with Gasteiger partial charge in [0.2, 0.25) is 0 Å². The van der Waals surface area contributed by atoms with Gasteiger partial charge < -0.3 is 15.4 Å². The molecule has 3 heteroatoms. The highest BCUT2D eigenvalue weighted by Gasteiger charge is 2.39. The number of likely N-dealkylation sites (tertiary alicyclic amines) is 1. The highest BCUT2D eigenvalue weighted by atomic mass is 16.5. The lowest BCUT2D eigenvalue weighted by atomic mass is 9.71. The van der Waals surface area contributed by atoms with Crippen LogP contribution in [0.25, 0.3) is 0 Å². The zero-order valence-corrected chi connectivity index (χ0v) is 13.7. The van der Waals surface area contributed by atoms with Crippen LogP contribution in [0.5, 0.6) is 0 Å². The number of piperidine rings is 1. The number of hydrogen-bond acceptors (Lipinski definition) is 3. The van der Waals surface area contributed by atoms with E-state index < -0.39 is 0 Å². The summed E-state index contributed by atoms with van der Waals surface area (Å²) in [4.78, 5) is 2.77. The number of ether oxygens (including phenoxy) is 1. The molecule has 1 saturated heterocycles. The molecule has 2 aliphatic carbocycles. The molecule has 3 rings (SSSR count). The van der Waals surface area contributed by atoms with E-state index in [1.54, 1.807) is 0 Å². The number of rotatable bonds is 5. The van der Waals surface area contributed by atoms with Crippen molar-refractivity contribution in [3.63, 3.8) is 0 Å². The molecule has 2 saturated carbocycles.